The van der Waals surface area contributed by atoms with Crippen LogP contribution in [0.25, 0.3) is 11.1 Å². The van der Waals surface area contributed by atoms with Crippen LogP contribution in [0.1, 0.15) is 28.8 Å². The summed E-state index contributed by atoms with van der Waals surface area (Å²) in [5.74, 6) is 0.723. The number of esters is 1. The Morgan fingerprint density at radius 1 is 1.35 bits per heavy atom. The van der Waals surface area contributed by atoms with Gasteiger partial charge in [-0.25, -0.2) is 0 Å². The molecule has 4 nitrogen and oxygen atoms in total. The van der Waals surface area contributed by atoms with Gasteiger partial charge in [0.15, 0.2) is 0 Å². The topological polar surface area (TPSA) is 48.4 Å². The number of aromatic nitrogens is 1. The first-order valence-corrected chi connectivity index (χ1v) is 7.88. The van der Waals surface area contributed by atoms with Gasteiger partial charge in [0.05, 0.1) is 20.1 Å². The highest BCUT2D eigenvalue weighted by atomic mass is 16.5. The third-order valence-corrected chi connectivity index (χ3v) is 4.33. The minimum absolute atomic E-state index is 0.236. The molecule has 2 aromatic rings. The highest BCUT2D eigenvalue weighted by Crippen LogP contribution is 2.34. The number of rotatable bonds is 3. The maximum Gasteiger partial charge on any atom is 0.310 e. The monoisotopic (exact) mass is 311 g/mol. The summed E-state index contributed by atoms with van der Waals surface area (Å²) < 4.78 is 10.5. The van der Waals surface area contributed by atoms with Crippen LogP contribution >= 0.6 is 0 Å². The fourth-order valence-corrected chi connectivity index (χ4v) is 3.11. The molecule has 2 heterocycles. The van der Waals surface area contributed by atoms with Gasteiger partial charge < -0.3 is 9.47 Å². The minimum Gasteiger partial charge on any atom is -0.493 e. The summed E-state index contributed by atoms with van der Waals surface area (Å²) in [6.07, 6.45) is 4.17. The highest BCUT2D eigenvalue weighted by Gasteiger charge is 2.18. The summed E-state index contributed by atoms with van der Waals surface area (Å²) in [5.41, 5.74) is 6.28. The van der Waals surface area contributed by atoms with Gasteiger partial charge in [-0.1, -0.05) is 6.07 Å². The lowest BCUT2D eigenvalue weighted by molar-refractivity contribution is -0.139. The normalized spacial score (nSPS) is 13.2. The van der Waals surface area contributed by atoms with Crippen molar-refractivity contribution >= 4 is 5.97 Å². The zero-order chi connectivity index (χ0) is 16.4. The average molecular weight is 311 g/mol. The van der Waals surface area contributed by atoms with Crippen LogP contribution < -0.4 is 4.74 Å². The summed E-state index contributed by atoms with van der Waals surface area (Å²) in [5, 5.41) is 0. The van der Waals surface area contributed by atoms with E-state index in [0.717, 1.165) is 53.1 Å². The molecule has 0 radical (unpaired) electrons. The number of hydrogen-bond donors (Lipinski definition) is 0. The van der Waals surface area contributed by atoms with Crippen molar-refractivity contribution in [1.82, 2.24) is 4.98 Å². The van der Waals surface area contributed by atoms with Gasteiger partial charge in [0, 0.05) is 11.9 Å². The number of nitrogens with zero attached hydrogens (tertiary/aromatic N) is 1. The molecule has 0 spiro atoms. The number of carbonyl (C=O) groups excluding carboxylic acids is 1. The largest absolute Gasteiger partial charge is 0.493 e. The summed E-state index contributed by atoms with van der Waals surface area (Å²) in [6, 6.07) is 6.27. The van der Waals surface area contributed by atoms with Crippen LogP contribution in [0, 0.1) is 13.8 Å². The Morgan fingerprint density at radius 2 is 2.17 bits per heavy atom. The molecule has 0 bridgehead atoms. The van der Waals surface area contributed by atoms with E-state index >= 15 is 0 Å². The van der Waals surface area contributed by atoms with E-state index < -0.39 is 0 Å². The predicted octanol–water partition coefficient (Wildman–Crippen LogP) is 3.41. The molecule has 0 fully saturated rings. The van der Waals surface area contributed by atoms with E-state index in [1.165, 1.54) is 12.7 Å². The fourth-order valence-electron chi connectivity index (χ4n) is 3.11. The lowest BCUT2D eigenvalue weighted by Gasteiger charge is -2.20. The maximum atomic E-state index is 11.8. The molecule has 0 N–H and O–H groups in total. The van der Waals surface area contributed by atoms with Gasteiger partial charge in [-0.05, 0) is 66.6 Å². The standard InChI is InChI=1S/C19H21NO3/c1-12-11-20-13(2)16(10-18(21)22-3)19(12)15-6-7-17-14(9-15)5-4-8-23-17/h6-7,9,11H,4-5,8,10H2,1-3H3. The Labute approximate surface area is 136 Å². The Morgan fingerprint density at radius 3 is 2.96 bits per heavy atom. The number of benzene rings is 1. The molecular weight excluding hydrogens is 290 g/mol. The number of fused-ring (bicyclic) bond motifs is 1. The van der Waals surface area contributed by atoms with E-state index in [1.54, 1.807) is 0 Å². The molecular formula is C19H21NO3. The van der Waals surface area contributed by atoms with E-state index in [9.17, 15) is 4.79 Å². The van der Waals surface area contributed by atoms with Gasteiger partial charge in [0.2, 0.25) is 0 Å². The van der Waals surface area contributed by atoms with Gasteiger partial charge in [0.25, 0.3) is 0 Å². The quantitative estimate of drug-likeness (QED) is 0.815. The van der Waals surface area contributed by atoms with Gasteiger partial charge in [-0.2, -0.15) is 0 Å². The van der Waals surface area contributed by atoms with Crippen molar-refractivity contribution in [3.8, 4) is 16.9 Å². The Bertz CT molecular complexity index is 753. The summed E-state index contributed by atoms with van der Waals surface area (Å²) >= 11 is 0. The van der Waals surface area contributed by atoms with Crippen LogP contribution in [0.3, 0.4) is 0 Å². The van der Waals surface area contributed by atoms with Gasteiger partial charge in [-0.15, -0.1) is 0 Å². The smallest absolute Gasteiger partial charge is 0.310 e. The number of aryl methyl sites for hydroxylation is 3. The van der Waals surface area contributed by atoms with Crippen LogP contribution in [-0.4, -0.2) is 24.7 Å². The molecule has 1 aliphatic rings. The zero-order valence-electron chi connectivity index (χ0n) is 13.8. The summed E-state index contributed by atoms with van der Waals surface area (Å²) in [6.45, 7) is 4.74. The van der Waals surface area contributed by atoms with Gasteiger partial charge >= 0.3 is 5.97 Å². The molecule has 1 aromatic heterocycles. The van der Waals surface area contributed by atoms with Crippen LogP contribution in [0.4, 0.5) is 0 Å². The van der Waals surface area contributed by atoms with Gasteiger partial charge in [0.1, 0.15) is 5.75 Å². The molecule has 1 aromatic carbocycles. The third kappa shape index (κ3) is 3.07. The maximum absolute atomic E-state index is 11.8. The van der Waals surface area contributed by atoms with Crippen molar-refractivity contribution in [2.75, 3.05) is 13.7 Å². The number of methoxy groups -OCH3 is 1. The molecule has 4 heteroatoms. The van der Waals surface area contributed by atoms with Crippen molar-refractivity contribution in [3.63, 3.8) is 0 Å². The number of pyridine rings is 1. The van der Waals surface area contributed by atoms with E-state index in [1.807, 2.05) is 26.1 Å². The van der Waals surface area contributed by atoms with Crippen molar-refractivity contribution < 1.29 is 14.3 Å². The van der Waals surface area contributed by atoms with E-state index in [-0.39, 0.29) is 12.4 Å². The third-order valence-electron chi connectivity index (χ3n) is 4.33. The molecule has 0 saturated carbocycles. The molecule has 120 valence electrons. The van der Waals surface area contributed by atoms with Crippen molar-refractivity contribution in [2.24, 2.45) is 0 Å². The highest BCUT2D eigenvalue weighted by molar-refractivity contribution is 5.80. The molecule has 0 unspecified atom stereocenters. The molecule has 1 aliphatic heterocycles. The van der Waals surface area contributed by atoms with Crippen molar-refractivity contribution in [1.29, 1.82) is 0 Å². The molecule has 3 rings (SSSR count). The first-order valence-electron chi connectivity index (χ1n) is 7.88. The Balaban J connectivity index is 2.11. The van der Waals surface area contributed by atoms with Crippen LogP contribution in [0.15, 0.2) is 24.4 Å². The molecule has 23 heavy (non-hydrogen) atoms. The molecule has 0 atom stereocenters. The number of carbonyl (C=O) groups is 1. The second-order valence-corrected chi connectivity index (χ2v) is 5.91. The van der Waals surface area contributed by atoms with Gasteiger partial charge in [-0.3, -0.25) is 9.78 Å². The SMILES string of the molecule is COC(=O)Cc1c(C)ncc(C)c1-c1ccc2c(c1)CCCO2. The number of hydrogen-bond acceptors (Lipinski definition) is 4. The summed E-state index contributed by atoms with van der Waals surface area (Å²) in [4.78, 5) is 16.2. The lowest BCUT2D eigenvalue weighted by atomic mass is 9.91. The lowest BCUT2D eigenvalue weighted by Crippen LogP contribution is -2.10. The Kier molecular flexibility index (Phi) is 4.33. The fraction of sp³-hybridized carbons (Fsp3) is 0.368. The molecule has 0 aliphatic carbocycles. The van der Waals surface area contributed by atoms with E-state index in [2.05, 4.69) is 17.1 Å². The van der Waals surface area contributed by atoms with E-state index in [4.69, 9.17) is 9.47 Å². The second-order valence-electron chi connectivity index (χ2n) is 5.91. The van der Waals surface area contributed by atoms with Crippen molar-refractivity contribution in [2.45, 2.75) is 33.1 Å². The predicted molar refractivity (Wildman–Crippen MR) is 88.7 cm³/mol. The Hall–Kier alpha value is -2.36. The average Bonchev–Trinajstić information content (AvgIpc) is 2.57. The molecule has 0 amide bonds. The second kappa shape index (κ2) is 6.41. The van der Waals surface area contributed by atoms with E-state index in [0.29, 0.717) is 0 Å². The minimum atomic E-state index is -0.247. The van der Waals surface area contributed by atoms with Crippen LogP contribution in [0.5, 0.6) is 5.75 Å². The first kappa shape index (κ1) is 15.5. The van der Waals surface area contributed by atoms with Crippen LogP contribution in [-0.2, 0) is 22.4 Å². The molecule has 0 saturated heterocycles. The number of ether oxygens (including phenoxy) is 2. The first-order chi connectivity index (χ1) is 11.1. The van der Waals surface area contributed by atoms with Crippen LogP contribution in [0.2, 0.25) is 0 Å². The van der Waals surface area contributed by atoms with Crippen molar-refractivity contribution in [3.05, 3.63) is 46.8 Å². The summed E-state index contributed by atoms with van der Waals surface area (Å²) in [7, 11) is 1.41. The zero-order valence-corrected chi connectivity index (χ0v) is 13.8.